The van der Waals surface area contributed by atoms with Crippen molar-refractivity contribution in [3.05, 3.63) is 64.9 Å². The highest BCUT2D eigenvalue weighted by atomic mass is 35.5. The highest BCUT2D eigenvalue weighted by molar-refractivity contribution is 6.33. The summed E-state index contributed by atoms with van der Waals surface area (Å²) in [7, 11) is 1.57. The highest BCUT2D eigenvalue weighted by Gasteiger charge is 2.25. The normalized spacial score (nSPS) is 11.1. The Hall–Kier alpha value is -3.18. The molecule has 0 radical (unpaired) electrons. The molecule has 0 saturated heterocycles. The van der Waals surface area contributed by atoms with Crippen LogP contribution in [-0.2, 0) is 6.42 Å². The fraction of sp³-hybridized carbons (Fsp3) is 0.136. The van der Waals surface area contributed by atoms with Crippen molar-refractivity contribution in [2.24, 2.45) is 0 Å². The number of hydrogen-bond acceptors (Lipinski definition) is 2. The van der Waals surface area contributed by atoms with Gasteiger partial charge in [0.1, 0.15) is 11.4 Å². The Labute approximate surface area is 166 Å². The average Bonchev–Trinajstić information content (AvgIpc) is 3.32. The van der Waals surface area contributed by atoms with Crippen LogP contribution in [0.1, 0.15) is 23.0 Å². The third-order valence-electron chi connectivity index (χ3n) is 4.98. The van der Waals surface area contributed by atoms with Crippen LogP contribution in [0.15, 0.2) is 48.7 Å². The Kier molecular flexibility index (Phi) is 4.61. The van der Waals surface area contributed by atoms with Gasteiger partial charge in [-0.3, -0.25) is 0 Å². The van der Waals surface area contributed by atoms with Crippen LogP contribution in [0.3, 0.4) is 0 Å². The minimum atomic E-state index is -1.02. The van der Waals surface area contributed by atoms with Gasteiger partial charge in [-0.05, 0) is 42.3 Å². The number of hydrogen-bond donors (Lipinski definition) is 3. The van der Waals surface area contributed by atoms with E-state index in [1.54, 1.807) is 25.3 Å². The number of carboxylic acid groups (broad SMARTS) is 1. The van der Waals surface area contributed by atoms with Gasteiger partial charge in [-0.15, -0.1) is 0 Å². The van der Waals surface area contributed by atoms with Crippen molar-refractivity contribution in [3.8, 4) is 28.1 Å². The lowest BCUT2D eigenvalue weighted by Crippen LogP contribution is -2.00. The van der Waals surface area contributed by atoms with E-state index in [-0.39, 0.29) is 5.69 Å². The fourth-order valence-corrected chi connectivity index (χ4v) is 3.97. The molecule has 5 nitrogen and oxygen atoms in total. The smallest absolute Gasteiger partial charge is 0.352 e. The van der Waals surface area contributed by atoms with E-state index >= 15 is 0 Å². The third kappa shape index (κ3) is 2.84. The number of carbonyl (C=O) groups is 1. The summed E-state index contributed by atoms with van der Waals surface area (Å²) in [6.07, 6.45) is 2.53. The molecule has 0 aliphatic rings. The maximum atomic E-state index is 12.1. The number of aromatic amines is 2. The standard InChI is InChI=1S/C22H19ClN2O3/c1-3-13-19(16-8-7-12(28-2)11-17(16)23)21(22(26)27)25-20(13)15-5-4-6-18-14(15)9-10-24-18/h4-11,24-25H,3H2,1-2H3,(H,26,27). The number of halogens is 1. The molecule has 0 fully saturated rings. The van der Waals surface area contributed by atoms with Gasteiger partial charge < -0.3 is 19.8 Å². The molecule has 0 unspecified atom stereocenters. The summed E-state index contributed by atoms with van der Waals surface area (Å²) in [4.78, 5) is 18.4. The van der Waals surface area contributed by atoms with E-state index in [0.29, 0.717) is 28.3 Å². The number of benzene rings is 2. The Morgan fingerprint density at radius 1 is 1.18 bits per heavy atom. The van der Waals surface area contributed by atoms with Crippen molar-refractivity contribution in [2.75, 3.05) is 7.11 Å². The fourth-order valence-electron chi connectivity index (χ4n) is 3.71. The summed E-state index contributed by atoms with van der Waals surface area (Å²) in [5.41, 5.74) is 5.08. The van der Waals surface area contributed by atoms with E-state index in [2.05, 4.69) is 9.97 Å². The van der Waals surface area contributed by atoms with E-state index in [1.165, 1.54) is 0 Å². The molecule has 2 heterocycles. The van der Waals surface area contributed by atoms with Crippen molar-refractivity contribution >= 4 is 28.5 Å². The number of aromatic carboxylic acids is 1. The Balaban J connectivity index is 2.02. The van der Waals surface area contributed by atoms with Crippen molar-refractivity contribution < 1.29 is 14.6 Å². The Morgan fingerprint density at radius 3 is 2.68 bits per heavy atom. The van der Waals surface area contributed by atoms with Gasteiger partial charge >= 0.3 is 5.97 Å². The zero-order valence-corrected chi connectivity index (χ0v) is 16.2. The van der Waals surface area contributed by atoms with Crippen LogP contribution >= 0.6 is 11.6 Å². The summed E-state index contributed by atoms with van der Waals surface area (Å²) >= 11 is 6.49. The van der Waals surface area contributed by atoms with Crippen LogP contribution in [0, 0.1) is 0 Å². The number of methoxy groups -OCH3 is 1. The van der Waals surface area contributed by atoms with Crippen LogP contribution < -0.4 is 4.74 Å². The number of carboxylic acids is 1. The largest absolute Gasteiger partial charge is 0.497 e. The monoisotopic (exact) mass is 394 g/mol. The quantitative estimate of drug-likeness (QED) is 0.403. The number of nitrogens with one attached hydrogen (secondary N) is 2. The minimum absolute atomic E-state index is 0.131. The lowest BCUT2D eigenvalue weighted by atomic mass is 9.95. The topological polar surface area (TPSA) is 78.1 Å². The maximum absolute atomic E-state index is 12.1. The van der Waals surface area contributed by atoms with Gasteiger partial charge in [0.2, 0.25) is 0 Å². The molecule has 2 aromatic carbocycles. The Morgan fingerprint density at radius 2 is 2.00 bits per heavy atom. The first-order valence-corrected chi connectivity index (χ1v) is 9.31. The second-order valence-corrected chi connectivity index (χ2v) is 6.88. The minimum Gasteiger partial charge on any atom is -0.497 e. The summed E-state index contributed by atoms with van der Waals surface area (Å²) in [6.45, 7) is 2.01. The number of ether oxygens (including phenoxy) is 1. The summed E-state index contributed by atoms with van der Waals surface area (Å²) < 4.78 is 5.22. The van der Waals surface area contributed by atoms with Gasteiger partial charge in [0, 0.05) is 33.8 Å². The van der Waals surface area contributed by atoms with E-state index in [1.807, 2.05) is 37.4 Å². The zero-order chi connectivity index (χ0) is 19.8. The molecule has 0 saturated carbocycles. The van der Waals surface area contributed by atoms with Crippen LogP contribution in [0.2, 0.25) is 5.02 Å². The predicted octanol–water partition coefficient (Wildman–Crippen LogP) is 5.75. The molecular formula is C22H19ClN2O3. The molecule has 6 heteroatoms. The molecule has 2 aromatic heterocycles. The number of aromatic nitrogens is 2. The first-order chi connectivity index (χ1) is 13.5. The van der Waals surface area contributed by atoms with Gasteiger partial charge in [-0.1, -0.05) is 30.7 Å². The molecule has 0 aliphatic heterocycles. The van der Waals surface area contributed by atoms with Crippen molar-refractivity contribution in [3.63, 3.8) is 0 Å². The molecule has 4 rings (SSSR count). The molecule has 4 aromatic rings. The number of H-pyrrole nitrogens is 2. The SMILES string of the molecule is CCc1c(-c2cccc3[nH]ccc23)[nH]c(C(=O)O)c1-c1ccc(OC)cc1Cl. The second-order valence-electron chi connectivity index (χ2n) is 6.48. The van der Waals surface area contributed by atoms with E-state index < -0.39 is 5.97 Å². The average molecular weight is 395 g/mol. The van der Waals surface area contributed by atoms with Crippen molar-refractivity contribution in [1.82, 2.24) is 9.97 Å². The molecule has 0 bridgehead atoms. The van der Waals surface area contributed by atoms with Crippen LogP contribution in [0.5, 0.6) is 5.75 Å². The number of fused-ring (bicyclic) bond motifs is 1. The van der Waals surface area contributed by atoms with Gasteiger partial charge in [0.05, 0.1) is 17.8 Å². The second kappa shape index (κ2) is 7.09. The first-order valence-electron chi connectivity index (χ1n) is 8.93. The van der Waals surface area contributed by atoms with Crippen LogP contribution in [0.25, 0.3) is 33.3 Å². The highest BCUT2D eigenvalue weighted by Crippen LogP contribution is 2.41. The lowest BCUT2D eigenvalue weighted by Gasteiger charge is -2.10. The van der Waals surface area contributed by atoms with E-state index in [9.17, 15) is 9.90 Å². The molecular weight excluding hydrogens is 376 g/mol. The first kappa shape index (κ1) is 18.2. The molecule has 0 aliphatic carbocycles. The molecule has 0 amide bonds. The zero-order valence-electron chi connectivity index (χ0n) is 15.5. The lowest BCUT2D eigenvalue weighted by molar-refractivity contribution is 0.0692. The third-order valence-corrected chi connectivity index (χ3v) is 5.29. The van der Waals surface area contributed by atoms with Crippen LogP contribution in [-0.4, -0.2) is 28.2 Å². The summed E-state index contributed by atoms with van der Waals surface area (Å²) in [6, 6.07) is 13.2. The van der Waals surface area contributed by atoms with Gasteiger partial charge in [-0.2, -0.15) is 0 Å². The number of rotatable bonds is 5. The molecule has 0 spiro atoms. The molecule has 0 atom stereocenters. The van der Waals surface area contributed by atoms with Crippen molar-refractivity contribution in [1.29, 1.82) is 0 Å². The van der Waals surface area contributed by atoms with Gasteiger partial charge in [-0.25, -0.2) is 4.79 Å². The predicted molar refractivity (Wildman–Crippen MR) is 111 cm³/mol. The summed E-state index contributed by atoms with van der Waals surface area (Å²) in [5, 5.41) is 11.3. The molecule has 142 valence electrons. The Bertz CT molecular complexity index is 1190. The molecule has 3 N–H and O–H groups in total. The van der Waals surface area contributed by atoms with E-state index in [4.69, 9.17) is 16.3 Å². The molecule has 28 heavy (non-hydrogen) atoms. The van der Waals surface area contributed by atoms with Gasteiger partial charge in [0.15, 0.2) is 0 Å². The van der Waals surface area contributed by atoms with Crippen LogP contribution in [0.4, 0.5) is 0 Å². The van der Waals surface area contributed by atoms with E-state index in [0.717, 1.165) is 27.7 Å². The van der Waals surface area contributed by atoms with Gasteiger partial charge in [0.25, 0.3) is 0 Å². The maximum Gasteiger partial charge on any atom is 0.352 e. The summed E-state index contributed by atoms with van der Waals surface area (Å²) in [5.74, 6) is -0.402. The van der Waals surface area contributed by atoms with Crippen molar-refractivity contribution in [2.45, 2.75) is 13.3 Å².